The van der Waals surface area contributed by atoms with Gasteiger partial charge in [-0.05, 0) is 24.3 Å². The zero-order chi connectivity index (χ0) is 11.4. The van der Waals surface area contributed by atoms with Crippen molar-refractivity contribution < 1.29 is 4.39 Å². The number of halogens is 1. The molecule has 0 saturated carbocycles. The Morgan fingerprint density at radius 1 is 1.31 bits per heavy atom. The summed E-state index contributed by atoms with van der Waals surface area (Å²) in [6.45, 7) is 0. The zero-order valence-corrected chi connectivity index (χ0v) is 8.18. The lowest BCUT2D eigenvalue weighted by Crippen LogP contribution is -1.96. The van der Waals surface area contributed by atoms with E-state index in [2.05, 4.69) is 15.3 Å². The molecule has 0 aliphatic carbocycles. The molecule has 78 valence electrons. The number of benzene rings is 1. The lowest BCUT2D eigenvalue weighted by atomic mass is 10.2. The van der Waals surface area contributed by atoms with Crippen LogP contribution in [0.3, 0.4) is 0 Å². The molecule has 0 radical (unpaired) electrons. The van der Waals surface area contributed by atoms with Crippen molar-refractivity contribution in [3.8, 4) is 6.07 Å². The third-order valence-electron chi connectivity index (χ3n) is 1.94. The van der Waals surface area contributed by atoms with Crippen molar-refractivity contribution in [2.75, 3.05) is 5.32 Å². The van der Waals surface area contributed by atoms with Crippen LogP contribution < -0.4 is 5.32 Å². The number of nitriles is 1. The summed E-state index contributed by atoms with van der Waals surface area (Å²) in [5.74, 6) is 0.0104. The molecule has 1 N–H and O–H groups in total. The van der Waals surface area contributed by atoms with Gasteiger partial charge >= 0.3 is 0 Å². The highest BCUT2D eigenvalue weighted by atomic mass is 19.1. The average Bonchev–Trinajstić information content (AvgIpc) is 2.33. The Kier molecular flexibility index (Phi) is 2.74. The van der Waals surface area contributed by atoms with E-state index in [1.165, 1.54) is 24.5 Å². The van der Waals surface area contributed by atoms with Gasteiger partial charge in [0.1, 0.15) is 18.0 Å². The highest BCUT2D eigenvalue weighted by Crippen LogP contribution is 2.18. The number of rotatable bonds is 2. The Morgan fingerprint density at radius 2 is 2.19 bits per heavy atom. The molecule has 0 fully saturated rings. The molecule has 0 aliphatic rings. The molecule has 1 aromatic heterocycles. The largest absolute Gasteiger partial charge is 0.338 e. The van der Waals surface area contributed by atoms with E-state index in [1.54, 1.807) is 12.3 Å². The van der Waals surface area contributed by atoms with Crippen LogP contribution in [0.25, 0.3) is 0 Å². The van der Waals surface area contributed by atoms with Gasteiger partial charge in [-0.3, -0.25) is 0 Å². The summed E-state index contributed by atoms with van der Waals surface area (Å²) in [7, 11) is 0. The van der Waals surface area contributed by atoms with Gasteiger partial charge in [-0.1, -0.05) is 0 Å². The third kappa shape index (κ3) is 2.12. The molecular formula is C11H7FN4. The molecule has 0 bridgehead atoms. The van der Waals surface area contributed by atoms with Gasteiger partial charge in [-0.15, -0.1) is 0 Å². The second-order valence-corrected chi connectivity index (χ2v) is 3.03. The van der Waals surface area contributed by atoms with Gasteiger partial charge in [0, 0.05) is 6.20 Å². The molecule has 2 aromatic rings. The van der Waals surface area contributed by atoms with Crippen molar-refractivity contribution >= 4 is 11.5 Å². The van der Waals surface area contributed by atoms with Gasteiger partial charge in [-0.2, -0.15) is 5.26 Å². The first-order chi connectivity index (χ1) is 7.79. The van der Waals surface area contributed by atoms with Crippen molar-refractivity contribution in [3.05, 3.63) is 48.2 Å². The zero-order valence-electron chi connectivity index (χ0n) is 8.18. The summed E-state index contributed by atoms with van der Waals surface area (Å²) in [5.41, 5.74) is 0.559. The predicted octanol–water partition coefficient (Wildman–Crippen LogP) is 2.23. The van der Waals surface area contributed by atoms with Gasteiger partial charge in [0.2, 0.25) is 0 Å². The summed E-state index contributed by atoms with van der Waals surface area (Å²) >= 11 is 0. The summed E-state index contributed by atoms with van der Waals surface area (Å²) in [5, 5.41) is 11.4. The highest BCUT2D eigenvalue weighted by molar-refractivity contribution is 5.57. The first-order valence-electron chi connectivity index (χ1n) is 4.52. The molecule has 1 aromatic carbocycles. The smallest absolute Gasteiger partial charge is 0.147 e. The number of aromatic nitrogens is 2. The number of nitrogens with zero attached hydrogens (tertiary/aromatic N) is 3. The van der Waals surface area contributed by atoms with E-state index in [0.29, 0.717) is 5.82 Å². The van der Waals surface area contributed by atoms with Crippen LogP contribution in [0.1, 0.15) is 5.56 Å². The molecule has 2 rings (SSSR count). The van der Waals surface area contributed by atoms with Gasteiger partial charge in [-0.25, -0.2) is 14.4 Å². The van der Waals surface area contributed by atoms with Crippen LogP contribution in [0.5, 0.6) is 0 Å². The minimum absolute atomic E-state index is 0.276. The van der Waals surface area contributed by atoms with Crippen molar-refractivity contribution in [2.24, 2.45) is 0 Å². The van der Waals surface area contributed by atoms with E-state index in [9.17, 15) is 4.39 Å². The summed E-state index contributed by atoms with van der Waals surface area (Å²) in [6, 6.07) is 7.69. The first kappa shape index (κ1) is 10.1. The third-order valence-corrected chi connectivity index (χ3v) is 1.94. The molecule has 16 heavy (non-hydrogen) atoms. The van der Waals surface area contributed by atoms with Crippen LogP contribution in [-0.4, -0.2) is 9.97 Å². The average molecular weight is 214 g/mol. The van der Waals surface area contributed by atoms with Gasteiger partial charge in [0.05, 0.1) is 17.3 Å². The highest BCUT2D eigenvalue weighted by Gasteiger charge is 2.03. The quantitative estimate of drug-likeness (QED) is 0.832. The molecule has 4 nitrogen and oxygen atoms in total. The maximum atomic E-state index is 13.5. The van der Waals surface area contributed by atoms with E-state index in [4.69, 9.17) is 5.26 Å². The van der Waals surface area contributed by atoms with E-state index in [0.717, 1.165) is 0 Å². The number of hydrogen-bond donors (Lipinski definition) is 1. The summed E-state index contributed by atoms with van der Waals surface area (Å²) < 4.78 is 13.5. The molecule has 0 aliphatic heterocycles. The molecule has 1 heterocycles. The SMILES string of the molecule is N#Cc1ccc(Nc2ccncn2)c(F)c1. The standard InChI is InChI=1S/C11H7FN4/c12-9-5-8(6-13)1-2-10(9)16-11-3-4-14-7-15-11/h1-5,7H,(H,14,15,16). The number of nitrogens with one attached hydrogen (secondary N) is 1. The lowest BCUT2D eigenvalue weighted by Gasteiger charge is -2.05. The van der Waals surface area contributed by atoms with Crippen LogP contribution in [0.4, 0.5) is 15.9 Å². The second-order valence-electron chi connectivity index (χ2n) is 3.03. The van der Waals surface area contributed by atoms with Crippen LogP contribution in [0.2, 0.25) is 0 Å². The van der Waals surface area contributed by atoms with Crippen LogP contribution in [0, 0.1) is 17.1 Å². The Hall–Kier alpha value is -2.48. The Bertz CT molecular complexity index is 533. The van der Waals surface area contributed by atoms with E-state index < -0.39 is 5.82 Å². The normalized spacial score (nSPS) is 9.50. The fraction of sp³-hybridized carbons (Fsp3) is 0. The molecule has 0 unspecified atom stereocenters. The maximum Gasteiger partial charge on any atom is 0.147 e. The fourth-order valence-electron chi connectivity index (χ4n) is 1.19. The van der Waals surface area contributed by atoms with Crippen molar-refractivity contribution in [1.29, 1.82) is 5.26 Å². The minimum Gasteiger partial charge on any atom is -0.338 e. The monoisotopic (exact) mass is 214 g/mol. The Morgan fingerprint density at radius 3 is 2.81 bits per heavy atom. The maximum absolute atomic E-state index is 13.5. The van der Waals surface area contributed by atoms with Crippen LogP contribution in [-0.2, 0) is 0 Å². The fourth-order valence-corrected chi connectivity index (χ4v) is 1.19. The number of anilines is 2. The Balaban J connectivity index is 2.27. The van der Waals surface area contributed by atoms with Crippen molar-refractivity contribution in [1.82, 2.24) is 9.97 Å². The molecule has 0 atom stereocenters. The summed E-state index contributed by atoms with van der Waals surface area (Å²) in [4.78, 5) is 7.65. The molecule has 5 heteroatoms. The lowest BCUT2D eigenvalue weighted by molar-refractivity contribution is 0.631. The van der Waals surface area contributed by atoms with E-state index in [-0.39, 0.29) is 11.3 Å². The van der Waals surface area contributed by atoms with Crippen molar-refractivity contribution in [3.63, 3.8) is 0 Å². The Labute approximate surface area is 91.4 Å². The van der Waals surface area contributed by atoms with Gasteiger partial charge in [0.15, 0.2) is 0 Å². The second kappa shape index (κ2) is 4.36. The minimum atomic E-state index is -0.488. The van der Waals surface area contributed by atoms with E-state index in [1.807, 2.05) is 6.07 Å². The first-order valence-corrected chi connectivity index (χ1v) is 4.52. The molecule has 0 amide bonds. The number of hydrogen-bond acceptors (Lipinski definition) is 4. The molecular weight excluding hydrogens is 207 g/mol. The van der Waals surface area contributed by atoms with Gasteiger partial charge < -0.3 is 5.32 Å². The topological polar surface area (TPSA) is 61.6 Å². The van der Waals surface area contributed by atoms with Crippen molar-refractivity contribution in [2.45, 2.75) is 0 Å². The molecule has 0 saturated heterocycles. The van der Waals surface area contributed by atoms with Crippen LogP contribution in [0.15, 0.2) is 36.8 Å². The predicted molar refractivity (Wildman–Crippen MR) is 56.4 cm³/mol. The van der Waals surface area contributed by atoms with Gasteiger partial charge in [0.25, 0.3) is 0 Å². The molecule has 0 spiro atoms. The van der Waals surface area contributed by atoms with E-state index >= 15 is 0 Å². The summed E-state index contributed by atoms with van der Waals surface area (Å²) in [6.07, 6.45) is 2.92. The van der Waals surface area contributed by atoms with Crippen LogP contribution >= 0.6 is 0 Å².